The van der Waals surface area contributed by atoms with Gasteiger partial charge in [-0.25, -0.2) is 18.5 Å². The molecule has 0 aromatic heterocycles. The van der Waals surface area contributed by atoms with Crippen molar-refractivity contribution < 1.29 is 27.8 Å². The van der Waals surface area contributed by atoms with Crippen LogP contribution in [0.15, 0.2) is 140 Å². The van der Waals surface area contributed by atoms with Crippen LogP contribution in [0.1, 0.15) is 40.8 Å². The second-order valence-corrected chi connectivity index (χ2v) is 11.5. The number of allylic oxidation sites excluding steroid dienone is 1. The van der Waals surface area contributed by atoms with Crippen molar-refractivity contribution in [2.45, 2.75) is 25.1 Å². The normalized spacial score (nSPS) is 15.6. The average Bonchev–Trinajstić information content (AvgIpc) is 3.52. The highest BCUT2D eigenvalue weighted by molar-refractivity contribution is 5.95. The number of nitrogens with zero attached hydrogens (tertiary/aromatic N) is 1. The van der Waals surface area contributed by atoms with E-state index in [1.807, 2.05) is 97.1 Å². The molecule has 5 aromatic rings. The van der Waals surface area contributed by atoms with E-state index in [1.54, 1.807) is 24.3 Å². The summed E-state index contributed by atoms with van der Waals surface area (Å²) < 4.78 is 38.9. The molecule has 1 aliphatic rings. The van der Waals surface area contributed by atoms with Gasteiger partial charge in [0, 0.05) is 5.69 Å². The quantitative estimate of drug-likeness (QED) is 0.147. The zero-order chi connectivity index (χ0) is 33.3. The van der Waals surface area contributed by atoms with Crippen LogP contribution in [-0.2, 0) is 16.1 Å². The third kappa shape index (κ3) is 7.96. The molecule has 5 aromatic carbocycles. The highest BCUT2D eigenvalue weighted by atomic mass is 19.1. The van der Waals surface area contributed by atoms with Gasteiger partial charge in [-0.1, -0.05) is 97.1 Å². The molecule has 2 amide bonds. The molecule has 3 atom stereocenters. The first kappa shape index (κ1) is 32.2. The Bertz CT molecular complexity index is 1830. The summed E-state index contributed by atoms with van der Waals surface area (Å²) in [6.45, 7) is 0.431. The Hall–Kier alpha value is -5.76. The number of amides is 2. The highest BCUT2D eigenvalue weighted by Crippen LogP contribution is 2.37. The summed E-state index contributed by atoms with van der Waals surface area (Å²) in [6, 6.07) is 37.2. The van der Waals surface area contributed by atoms with Crippen LogP contribution in [0.2, 0.25) is 0 Å². The van der Waals surface area contributed by atoms with Crippen LogP contribution >= 0.6 is 0 Å². The van der Waals surface area contributed by atoms with E-state index in [-0.39, 0.29) is 18.8 Å². The summed E-state index contributed by atoms with van der Waals surface area (Å²) >= 11 is 0. The molecule has 0 aliphatic carbocycles. The Morgan fingerprint density at radius 1 is 0.833 bits per heavy atom. The number of benzene rings is 5. The van der Waals surface area contributed by atoms with Crippen LogP contribution in [0.25, 0.3) is 6.08 Å². The Morgan fingerprint density at radius 3 is 2.12 bits per heavy atom. The van der Waals surface area contributed by atoms with Crippen LogP contribution in [0.4, 0.5) is 19.3 Å². The molecule has 8 heteroatoms. The predicted octanol–water partition coefficient (Wildman–Crippen LogP) is 9.14. The number of anilines is 1. The van der Waals surface area contributed by atoms with Gasteiger partial charge in [0.25, 0.3) is 0 Å². The molecule has 1 N–H and O–H groups in total. The lowest BCUT2D eigenvalue weighted by atomic mass is 9.87. The highest BCUT2D eigenvalue weighted by Gasteiger charge is 2.43. The standard InChI is InChI=1S/C40H34F2N2O4/c41-32-18-14-28(15-19-32)10-7-13-36(39(45)44-37(27-48-40(44)46)30-11-5-2-6-12-30)38(43-34-22-20-33(42)21-23-34)31-16-24-35(25-17-31)47-26-29-8-3-1-4-9-29/h1-12,14-25,36-38,43H,13,26-27H2/b10-7-/t36-,37-,38-/m1/s1. The number of rotatable bonds is 12. The minimum atomic E-state index is -0.820. The van der Waals surface area contributed by atoms with Crippen LogP contribution in [0, 0.1) is 17.6 Å². The van der Waals surface area contributed by atoms with Gasteiger partial charge >= 0.3 is 6.09 Å². The molecule has 1 fully saturated rings. The fraction of sp³-hybridized carbons (Fsp3) is 0.150. The Balaban J connectivity index is 1.35. The van der Waals surface area contributed by atoms with Crippen molar-refractivity contribution in [1.82, 2.24) is 4.90 Å². The van der Waals surface area contributed by atoms with Crippen molar-refractivity contribution >= 4 is 23.8 Å². The minimum absolute atomic E-state index is 0.0379. The van der Waals surface area contributed by atoms with E-state index in [1.165, 1.54) is 29.2 Å². The molecule has 0 spiro atoms. The van der Waals surface area contributed by atoms with Crippen molar-refractivity contribution in [2.24, 2.45) is 5.92 Å². The second-order valence-electron chi connectivity index (χ2n) is 11.5. The maximum atomic E-state index is 14.6. The second kappa shape index (κ2) is 15.2. The van der Waals surface area contributed by atoms with Crippen LogP contribution < -0.4 is 10.1 Å². The van der Waals surface area contributed by atoms with Crippen LogP contribution in [-0.4, -0.2) is 23.5 Å². The van der Waals surface area contributed by atoms with E-state index < -0.39 is 35.8 Å². The maximum Gasteiger partial charge on any atom is 0.417 e. The molecule has 0 saturated carbocycles. The number of hydrogen-bond donors (Lipinski definition) is 1. The Labute approximate surface area is 278 Å². The first-order valence-electron chi connectivity index (χ1n) is 15.7. The van der Waals surface area contributed by atoms with Gasteiger partial charge in [0.05, 0.1) is 12.0 Å². The van der Waals surface area contributed by atoms with Gasteiger partial charge in [-0.05, 0) is 77.2 Å². The van der Waals surface area contributed by atoms with Crippen molar-refractivity contribution in [1.29, 1.82) is 0 Å². The number of ether oxygens (including phenoxy) is 2. The molecule has 6 nitrogen and oxygen atoms in total. The molecule has 1 heterocycles. The van der Waals surface area contributed by atoms with Crippen molar-refractivity contribution in [3.8, 4) is 5.75 Å². The van der Waals surface area contributed by atoms with E-state index in [9.17, 15) is 18.4 Å². The molecular weight excluding hydrogens is 610 g/mol. The van der Waals surface area contributed by atoms with E-state index in [0.717, 1.165) is 22.3 Å². The van der Waals surface area contributed by atoms with E-state index in [4.69, 9.17) is 9.47 Å². The third-order valence-electron chi connectivity index (χ3n) is 8.24. The van der Waals surface area contributed by atoms with Crippen molar-refractivity contribution in [3.05, 3.63) is 173 Å². The van der Waals surface area contributed by atoms with E-state index in [2.05, 4.69) is 5.32 Å². The smallest absolute Gasteiger partial charge is 0.417 e. The average molecular weight is 645 g/mol. The SMILES string of the molecule is O=C1OC[C@H](c2ccccc2)N1C(=O)[C@H](C/C=C\c1ccc(F)cc1)[C@H](Nc1ccc(F)cc1)c1ccc(OCc2ccccc2)cc1. The largest absolute Gasteiger partial charge is 0.489 e. The van der Waals surface area contributed by atoms with Gasteiger partial charge < -0.3 is 14.8 Å². The molecule has 1 saturated heterocycles. The Kier molecular flexibility index (Phi) is 10.2. The molecule has 1 aliphatic heterocycles. The zero-order valence-corrected chi connectivity index (χ0v) is 26.0. The van der Waals surface area contributed by atoms with Gasteiger partial charge in [0.2, 0.25) is 5.91 Å². The van der Waals surface area contributed by atoms with Gasteiger partial charge in [0.15, 0.2) is 0 Å². The molecule has 242 valence electrons. The fourth-order valence-corrected chi connectivity index (χ4v) is 5.72. The monoisotopic (exact) mass is 644 g/mol. The van der Waals surface area contributed by atoms with Gasteiger partial charge in [-0.2, -0.15) is 0 Å². The number of carbonyl (C=O) groups is 2. The number of hydrogen-bond acceptors (Lipinski definition) is 5. The number of cyclic esters (lactones) is 1. The summed E-state index contributed by atoms with van der Waals surface area (Å²) in [5, 5.41) is 3.44. The van der Waals surface area contributed by atoms with E-state index in [0.29, 0.717) is 18.0 Å². The third-order valence-corrected chi connectivity index (χ3v) is 8.24. The molecule has 0 radical (unpaired) electrons. The summed E-state index contributed by atoms with van der Waals surface area (Å²) in [7, 11) is 0. The lowest BCUT2D eigenvalue weighted by Gasteiger charge is -2.31. The van der Waals surface area contributed by atoms with Gasteiger partial charge in [-0.3, -0.25) is 4.79 Å². The number of nitrogens with one attached hydrogen (secondary N) is 1. The summed E-state index contributed by atoms with van der Waals surface area (Å²) in [5.74, 6) is -1.34. The lowest BCUT2D eigenvalue weighted by Crippen LogP contribution is -2.42. The summed E-state index contributed by atoms with van der Waals surface area (Å²) in [5.41, 5.74) is 3.91. The Morgan fingerprint density at radius 2 is 1.46 bits per heavy atom. The number of imide groups is 1. The number of carbonyl (C=O) groups excluding carboxylic acids is 2. The summed E-state index contributed by atoms with van der Waals surface area (Å²) in [4.78, 5) is 29.0. The molecular formula is C40H34F2N2O4. The van der Waals surface area contributed by atoms with Gasteiger partial charge in [-0.15, -0.1) is 0 Å². The lowest BCUT2D eigenvalue weighted by molar-refractivity contribution is -0.134. The molecule has 6 rings (SSSR count). The van der Waals surface area contributed by atoms with Gasteiger partial charge in [0.1, 0.15) is 36.6 Å². The fourth-order valence-electron chi connectivity index (χ4n) is 5.72. The van der Waals surface area contributed by atoms with Crippen LogP contribution in [0.5, 0.6) is 5.75 Å². The predicted molar refractivity (Wildman–Crippen MR) is 181 cm³/mol. The summed E-state index contributed by atoms with van der Waals surface area (Å²) in [6.07, 6.45) is 3.15. The zero-order valence-electron chi connectivity index (χ0n) is 26.0. The first-order chi connectivity index (χ1) is 23.4. The minimum Gasteiger partial charge on any atom is -0.489 e. The molecule has 48 heavy (non-hydrogen) atoms. The first-order valence-corrected chi connectivity index (χ1v) is 15.7. The van der Waals surface area contributed by atoms with Crippen molar-refractivity contribution in [3.63, 3.8) is 0 Å². The number of halogens is 2. The molecule has 0 bridgehead atoms. The van der Waals surface area contributed by atoms with Crippen LogP contribution in [0.3, 0.4) is 0 Å². The maximum absolute atomic E-state index is 14.6. The van der Waals surface area contributed by atoms with Crippen molar-refractivity contribution in [2.75, 3.05) is 11.9 Å². The molecule has 0 unspecified atom stereocenters. The topological polar surface area (TPSA) is 67.9 Å². The van der Waals surface area contributed by atoms with E-state index >= 15 is 0 Å².